The van der Waals surface area contributed by atoms with Crippen molar-refractivity contribution in [2.45, 2.75) is 40.5 Å². The van der Waals surface area contributed by atoms with Crippen LogP contribution in [0.5, 0.6) is 0 Å². The number of allylic oxidation sites excluding steroid dienone is 4. The molecule has 0 aromatic heterocycles. The Morgan fingerprint density at radius 3 is 1.50 bits per heavy atom. The molecule has 0 heterocycles. The van der Waals surface area contributed by atoms with Crippen molar-refractivity contribution in [3.63, 3.8) is 0 Å². The molecule has 0 unspecified atom stereocenters. The monoisotopic (exact) mass is 188 g/mol. The van der Waals surface area contributed by atoms with E-state index in [1.807, 2.05) is 0 Å². The Morgan fingerprint density at radius 2 is 1.14 bits per heavy atom. The van der Waals surface area contributed by atoms with E-state index in [0.29, 0.717) is 0 Å². The van der Waals surface area contributed by atoms with Gasteiger partial charge in [0.1, 0.15) is 0 Å². The van der Waals surface area contributed by atoms with Crippen molar-refractivity contribution in [3.8, 4) is 0 Å². The summed E-state index contributed by atoms with van der Waals surface area (Å²) < 4.78 is 0. The lowest BCUT2D eigenvalue weighted by Crippen LogP contribution is -1.89. The molecule has 0 fully saturated rings. The minimum absolute atomic E-state index is 0.278. The van der Waals surface area contributed by atoms with E-state index in [2.05, 4.69) is 27.7 Å². The molecular weight excluding hydrogens is 172 g/mol. The van der Waals surface area contributed by atoms with Gasteiger partial charge in [-0.05, 0) is 51.7 Å². The summed E-state index contributed by atoms with van der Waals surface area (Å²) >= 11 is 0. The van der Waals surface area contributed by atoms with Gasteiger partial charge in [-0.15, -0.1) is 0 Å². The molecule has 1 aliphatic rings. The molecule has 14 heavy (non-hydrogen) atoms. The van der Waals surface area contributed by atoms with Gasteiger partial charge in [0, 0.05) is 11.1 Å². The van der Waals surface area contributed by atoms with Crippen LogP contribution in [0.2, 0.25) is 0 Å². The molecule has 1 aromatic carbocycles. The third kappa shape index (κ3) is 1.19. The van der Waals surface area contributed by atoms with Crippen LogP contribution in [-0.2, 0) is 0 Å². The Morgan fingerprint density at radius 1 is 0.786 bits per heavy atom. The van der Waals surface area contributed by atoms with E-state index in [0.717, 1.165) is 24.0 Å². The highest BCUT2D eigenvalue weighted by Crippen LogP contribution is 2.35. The van der Waals surface area contributed by atoms with Crippen LogP contribution in [-0.4, -0.2) is 0 Å². The van der Waals surface area contributed by atoms with Crippen molar-refractivity contribution < 1.29 is 0 Å². The predicted molar refractivity (Wildman–Crippen MR) is 60.9 cm³/mol. The second kappa shape index (κ2) is 2.94. The molecule has 0 aliphatic heterocycles. The van der Waals surface area contributed by atoms with Crippen molar-refractivity contribution in [3.05, 3.63) is 32.5 Å². The standard InChI is InChI=1S/C13H16O/c1-7-5-6-8(2)10(4)12-11(9(7)3)13(12)14/h5-6H2,1-4H3/b9-7-,10-8-. The first-order valence-corrected chi connectivity index (χ1v) is 5.16. The predicted octanol–water partition coefficient (Wildman–Crippen LogP) is 3.30. The summed E-state index contributed by atoms with van der Waals surface area (Å²) in [5.41, 5.74) is 7.46. The zero-order chi connectivity index (χ0) is 10.5. The van der Waals surface area contributed by atoms with Crippen LogP contribution in [0.15, 0.2) is 15.9 Å². The zero-order valence-electron chi connectivity index (χ0n) is 9.32. The van der Waals surface area contributed by atoms with Gasteiger partial charge in [-0.3, -0.25) is 4.79 Å². The largest absolute Gasteiger partial charge is 0.289 e. The molecule has 0 amide bonds. The second-order valence-electron chi connectivity index (χ2n) is 4.39. The van der Waals surface area contributed by atoms with E-state index in [9.17, 15) is 4.79 Å². The van der Waals surface area contributed by atoms with Crippen LogP contribution in [0, 0.1) is 0 Å². The molecule has 0 bridgehead atoms. The molecule has 1 aromatic rings. The van der Waals surface area contributed by atoms with Gasteiger partial charge in [-0.25, -0.2) is 0 Å². The highest BCUT2D eigenvalue weighted by molar-refractivity contribution is 5.88. The average molecular weight is 188 g/mol. The second-order valence-corrected chi connectivity index (χ2v) is 4.39. The quantitative estimate of drug-likeness (QED) is 0.610. The number of hydrogen-bond acceptors (Lipinski definition) is 1. The Balaban J connectivity index is 2.58. The molecule has 74 valence electrons. The number of fused-ring (bicyclic) bond motifs is 1. The van der Waals surface area contributed by atoms with Crippen molar-refractivity contribution in [2.75, 3.05) is 0 Å². The third-order valence-corrected chi connectivity index (χ3v) is 3.55. The van der Waals surface area contributed by atoms with E-state index in [-0.39, 0.29) is 5.43 Å². The first kappa shape index (κ1) is 9.45. The van der Waals surface area contributed by atoms with Gasteiger partial charge >= 0.3 is 0 Å². The maximum atomic E-state index is 11.6. The van der Waals surface area contributed by atoms with E-state index in [1.165, 1.54) is 22.3 Å². The van der Waals surface area contributed by atoms with E-state index in [4.69, 9.17) is 0 Å². The van der Waals surface area contributed by atoms with Gasteiger partial charge in [0.15, 0.2) is 5.43 Å². The molecule has 1 heteroatoms. The fourth-order valence-electron chi connectivity index (χ4n) is 2.06. The van der Waals surface area contributed by atoms with Gasteiger partial charge < -0.3 is 0 Å². The zero-order valence-corrected chi connectivity index (χ0v) is 9.32. The lowest BCUT2D eigenvalue weighted by atomic mass is 9.95. The minimum atomic E-state index is 0.278. The summed E-state index contributed by atoms with van der Waals surface area (Å²) in [4.78, 5) is 11.6. The number of hydrogen-bond donors (Lipinski definition) is 0. The van der Waals surface area contributed by atoms with Crippen molar-refractivity contribution in [1.82, 2.24) is 0 Å². The van der Waals surface area contributed by atoms with Crippen molar-refractivity contribution in [1.29, 1.82) is 0 Å². The van der Waals surface area contributed by atoms with Gasteiger partial charge in [0.2, 0.25) is 0 Å². The lowest BCUT2D eigenvalue weighted by molar-refractivity contribution is 0.925. The topological polar surface area (TPSA) is 17.1 Å². The molecule has 0 atom stereocenters. The van der Waals surface area contributed by atoms with Gasteiger partial charge in [0.25, 0.3) is 0 Å². The average Bonchev–Trinajstić information content (AvgIpc) is 2.82. The SMILES string of the molecule is C/C1=C(\C)c2c(c2=O)/C(C)=C(/C)CC1. The Labute approximate surface area is 84.8 Å². The fourth-order valence-corrected chi connectivity index (χ4v) is 2.06. The Bertz CT molecular complexity index is 421. The molecule has 2 rings (SSSR count). The summed E-state index contributed by atoms with van der Waals surface area (Å²) in [5, 5.41) is 0. The summed E-state index contributed by atoms with van der Waals surface area (Å²) in [5.74, 6) is 0. The first-order chi connectivity index (χ1) is 6.54. The molecule has 1 nitrogen and oxygen atoms in total. The van der Waals surface area contributed by atoms with Crippen molar-refractivity contribution >= 4 is 11.1 Å². The van der Waals surface area contributed by atoms with Crippen LogP contribution >= 0.6 is 0 Å². The van der Waals surface area contributed by atoms with Gasteiger partial charge in [-0.1, -0.05) is 11.1 Å². The molecular formula is C13H16O. The van der Waals surface area contributed by atoms with Crippen LogP contribution in [0.3, 0.4) is 0 Å². The highest BCUT2D eigenvalue weighted by atomic mass is 16.1. The van der Waals surface area contributed by atoms with Crippen LogP contribution in [0.25, 0.3) is 11.1 Å². The Kier molecular flexibility index (Phi) is 1.99. The smallest absolute Gasteiger partial charge is 0.195 e. The maximum absolute atomic E-state index is 11.6. The Hall–Kier alpha value is -1.11. The summed E-state index contributed by atoms with van der Waals surface area (Å²) in [6, 6.07) is 0. The van der Waals surface area contributed by atoms with Gasteiger partial charge in [0.05, 0.1) is 0 Å². The summed E-state index contributed by atoms with van der Waals surface area (Å²) in [7, 11) is 0. The number of rotatable bonds is 0. The minimum Gasteiger partial charge on any atom is -0.289 e. The molecule has 0 saturated heterocycles. The summed E-state index contributed by atoms with van der Waals surface area (Å²) in [6.07, 6.45) is 2.19. The maximum Gasteiger partial charge on any atom is 0.195 e. The molecule has 1 aliphatic carbocycles. The third-order valence-electron chi connectivity index (χ3n) is 3.55. The normalized spacial score (nSPS) is 28.9. The van der Waals surface area contributed by atoms with E-state index in [1.54, 1.807) is 0 Å². The van der Waals surface area contributed by atoms with Crippen LogP contribution in [0.1, 0.15) is 51.7 Å². The molecule has 0 radical (unpaired) electrons. The molecule has 0 spiro atoms. The van der Waals surface area contributed by atoms with E-state index >= 15 is 0 Å². The van der Waals surface area contributed by atoms with Crippen LogP contribution < -0.4 is 5.43 Å². The molecule has 0 saturated carbocycles. The van der Waals surface area contributed by atoms with E-state index < -0.39 is 0 Å². The fraction of sp³-hybridized carbons (Fsp3) is 0.462. The van der Waals surface area contributed by atoms with Crippen LogP contribution in [0.4, 0.5) is 0 Å². The summed E-state index contributed by atoms with van der Waals surface area (Å²) in [6.45, 7) is 8.42. The lowest BCUT2D eigenvalue weighted by Gasteiger charge is -2.10. The first-order valence-electron chi connectivity index (χ1n) is 5.16. The van der Waals surface area contributed by atoms with Gasteiger partial charge in [-0.2, -0.15) is 0 Å². The highest BCUT2D eigenvalue weighted by Gasteiger charge is 2.27. The molecule has 0 N–H and O–H groups in total. The van der Waals surface area contributed by atoms with Crippen molar-refractivity contribution in [2.24, 2.45) is 0 Å².